The summed E-state index contributed by atoms with van der Waals surface area (Å²) in [5.41, 5.74) is 0. The predicted molar refractivity (Wildman–Crippen MR) is 68.3 cm³/mol. The van der Waals surface area contributed by atoms with E-state index in [1.165, 1.54) is 6.92 Å². The molecule has 1 aliphatic carbocycles. The number of carbonyl (C=O) groups excluding carboxylic acids is 1. The Kier molecular flexibility index (Phi) is 5.61. The maximum absolute atomic E-state index is 11.6. The van der Waals surface area contributed by atoms with E-state index in [0.29, 0.717) is 5.25 Å². The second-order valence-electron chi connectivity index (χ2n) is 4.21. The monoisotopic (exact) mass is 260 g/mol. The first-order chi connectivity index (χ1) is 8.04. The van der Waals surface area contributed by atoms with Crippen molar-refractivity contribution in [3.63, 3.8) is 0 Å². The van der Waals surface area contributed by atoms with Crippen molar-refractivity contribution < 1.29 is 14.7 Å². The minimum Gasteiger partial charge on any atom is -0.480 e. The number of aliphatic carboxylic acids is 1. The van der Waals surface area contributed by atoms with Crippen molar-refractivity contribution in [1.82, 2.24) is 10.6 Å². The molecular formula is C11H20N2O3S. The van der Waals surface area contributed by atoms with Gasteiger partial charge in [0.05, 0.1) is 0 Å². The zero-order chi connectivity index (χ0) is 12.8. The minimum atomic E-state index is -1.02. The maximum atomic E-state index is 11.6. The minimum absolute atomic E-state index is 0.168. The van der Waals surface area contributed by atoms with Crippen molar-refractivity contribution >= 4 is 23.8 Å². The van der Waals surface area contributed by atoms with Crippen molar-refractivity contribution in [2.24, 2.45) is 0 Å². The molecule has 1 rings (SSSR count). The number of nitrogens with one attached hydrogen (secondary N) is 2. The summed E-state index contributed by atoms with van der Waals surface area (Å²) in [6.45, 7) is 3.56. The van der Waals surface area contributed by atoms with E-state index >= 15 is 0 Å². The fourth-order valence-corrected chi connectivity index (χ4v) is 3.17. The number of carboxylic acids is 1. The lowest BCUT2D eigenvalue weighted by atomic mass is 10.2. The van der Waals surface area contributed by atoms with Crippen molar-refractivity contribution in [3.05, 3.63) is 0 Å². The SMILES string of the molecule is CCSC1CCCC1NC(=O)N[C@H](C)C(=O)O. The predicted octanol–water partition coefficient (Wildman–Crippen LogP) is 1.43. The van der Waals surface area contributed by atoms with Gasteiger partial charge >= 0.3 is 12.0 Å². The van der Waals surface area contributed by atoms with Gasteiger partial charge < -0.3 is 15.7 Å². The van der Waals surface area contributed by atoms with Crippen molar-refractivity contribution in [2.75, 3.05) is 5.75 Å². The number of hydrogen-bond acceptors (Lipinski definition) is 3. The van der Waals surface area contributed by atoms with Gasteiger partial charge in [-0.2, -0.15) is 11.8 Å². The van der Waals surface area contributed by atoms with Gasteiger partial charge in [-0.1, -0.05) is 13.3 Å². The Bertz CT molecular complexity index is 286. The van der Waals surface area contributed by atoms with Crippen LogP contribution in [0, 0.1) is 0 Å². The van der Waals surface area contributed by atoms with Gasteiger partial charge in [0, 0.05) is 11.3 Å². The molecule has 3 N–H and O–H groups in total. The average Bonchev–Trinajstić information content (AvgIpc) is 2.66. The van der Waals surface area contributed by atoms with Crippen LogP contribution < -0.4 is 10.6 Å². The zero-order valence-electron chi connectivity index (χ0n) is 10.2. The summed E-state index contributed by atoms with van der Waals surface area (Å²) < 4.78 is 0. The normalized spacial score (nSPS) is 25.3. The van der Waals surface area contributed by atoms with Gasteiger partial charge in [0.25, 0.3) is 0 Å². The Morgan fingerprint density at radius 1 is 1.47 bits per heavy atom. The number of thioether (sulfide) groups is 1. The van der Waals surface area contributed by atoms with Crippen molar-refractivity contribution in [3.8, 4) is 0 Å². The molecule has 0 aromatic heterocycles. The molecule has 1 fully saturated rings. The highest BCUT2D eigenvalue weighted by atomic mass is 32.2. The molecule has 0 heterocycles. The van der Waals surface area contributed by atoms with Crippen LogP contribution in [0.15, 0.2) is 0 Å². The number of rotatable bonds is 5. The third kappa shape index (κ3) is 4.46. The summed E-state index contributed by atoms with van der Waals surface area (Å²) in [6.07, 6.45) is 3.22. The van der Waals surface area contributed by atoms with Crippen molar-refractivity contribution in [2.45, 2.75) is 50.4 Å². The quantitative estimate of drug-likeness (QED) is 0.699. The van der Waals surface area contributed by atoms with Gasteiger partial charge in [0.2, 0.25) is 0 Å². The van der Waals surface area contributed by atoms with Gasteiger partial charge in [-0.3, -0.25) is 4.79 Å². The molecule has 3 atom stereocenters. The van der Waals surface area contributed by atoms with E-state index in [1.54, 1.807) is 0 Å². The summed E-state index contributed by atoms with van der Waals surface area (Å²) >= 11 is 1.86. The van der Waals surface area contributed by atoms with Crippen LogP contribution in [0.2, 0.25) is 0 Å². The number of carboxylic acid groups (broad SMARTS) is 1. The lowest BCUT2D eigenvalue weighted by Gasteiger charge is -2.21. The smallest absolute Gasteiger partial charge is 0.325 e. The molecule has 0 aromatic rings. The fourth-order valence-electron chi connectivity index (χ4n) is 1.97. The number of urea groups is 1. The largest absolute Gasteiger partial charge is 0.480 e. The number of hydrogen-bond donors (Lipinski definition) is 3. The molecule has 0 aliphatic heterocycles. The molecule has 2 unspecified atom stereocenters. The Labute approximate surface area is 106 Å². The molecule has 0 radical (unpaired) electrons. The van der Waals surface area contributed by atoms with Gasteiger partial charge in [-0.05, 0) is 25.5 Å². The highest BCUT2D eigenvalue weighted by Crippen LogP contribution is 2.29. The molecule has 0 aromatic carbocycles. The lowest BCUT2D eigenvalue weighted by Crippen LogP contribution is -2.49. The van der Waals surface area contributed by atoms with Crippen LogP contribution >= 0.6 is 11.8 Å². The first kappa shape index (κ1) is 14.2. The van der Waals surface area contributed by atoms with Gasteiger partial charge in [0.15, 0.2) is 0 Å². The Balaban J connectivity index is 2.37. The molecule has 98 valence electrons. The molecule has 0 bridgehead atoms. The topological polar surface area (TPSA) is 78.4 Å². The maximum Gasteiger partial charge on any atom is 0.325 e. The van der Waals surface area contributed by atoms with Crippen LogP contribution in [-0.4, -0.2) is 40.2 Å². The van der Waals surface area contributed by atoms with Crippen LogP contribution in [0.1, 0.15) is 33.1 Å². The molecule has 17 heavy (non-hydrogen) atoms. The average molecular weight is 260 g/mol. The van der Waals surface area contributed by atoms with Crippen LogP contribution in [0.4, 0.5) is 4.79 Å². The van der Waals surface area contributed by atoms with E-state index in [-0.39, 0.29) is 12.1 Å². The third-order valence-electron chi connectivity index (χ3n) is 2.87. The summed E-state index contributed by atoms with van der Waals surface area (Å²) in [5, 5.41) is 14.4. The van der Waals surface area contributed by atoms with E-state index in [1.807, 2.05) is 11.8 Å². The van der Waals surface area contributed by atoms with E-state index < -0.39 is 12.0 Å². The van der Waals surface area contributed by atoms with Gasteiger partial charge in [0.1, 0.15) is 6.04 Å². The second-order valence-corrected chi connectivity index (χ2v) is 5.73. The molecule has 1 aliphatic rings. The second kappa shape index (κ2) is 6.74. The Morgan fingerprint density at radius 3 is 2.76 bits per heavy atom. The summed E-state index contributed by atoms with van der Waals surface area (Å²) in [4.78, 5) is 22.2. The fraction of sp³-hybridized carbons (Fsp3) is 0.818. The molecule has 5 nitrogen and oxygen atoms in total. The van der Waals surface area contributed by atoms with E-state index in [4.69, 9.17) is 5.11 Å². The molecule has 6 heteroatoms. The molecule has 0 saturated heterocycles. The number of carbonyl (C=O) groups is 2. The highest BCUT2D eigenvalue weighted by molar-refractivity contribution is 7.99. The Hall–Kier alpha value is -0.910. The van der Waals surface area contributed by atoms with Gasteiger partial charge in [-0.15, -0.1) is 0 Å². The van der Waals surface area contributed by atoms with Crippen LogP contribution in [0.3, 0.4) is 0 Å². The third-order valence-corrected chi connectivity index (χ3v) is 4.19. The van der Waals surface area contributed by atoms with Crippen LogP contribution in [-0.2, 0) is 4.79 Å². The van der Waals surface area contributed by atoms with Crippen LogP contribution in [0.5, 0.6) is 0 Å². The summed E-state index contributed by atoms with van der Waals surface area (Å²) in [6, 6.07) is -1.07. The molecular weight excluding hydrogens is 240 g/mol. The lowest BCUT2D eigenvalue weighted by molar-refractivity contribution is -0.138. The highest BCUT2D eigenvalue weighted by Gasteiger charge is 2.28. The standard InChI is InChI=1S/C11H20N2O3S/c1-3-17-9-6-4-5-8(9)13-11(16)12-7(2)10(14)15/h7-9H,3-6H2,1-2H3,(H,14,15)(H2,12,13,16)/t7-,8?,9?/m1/s1. The zero-order valence-corrected chi connectivity index (χ0v) is 11.0. The van der Waals surface area contributed by atoms with Gasteiger partial charge in [-0.25, -0.2) is 4.79 Å². The van der Waals surface area contributed by atoms with E-state index in [0.717, 1.165) is 25.0 Å². The van der Waals surface area contributed by atoms with Crippen LogP contribution in [0.25, 0.3) is 0 Å². The number of amides is 2. The summed E-state index contributed by atoms with van der Waals surface area (Å²) in [5.74, 6) is 0.0155. The first-order valence-electron chi connectivity index (χ1n) is 5.96. The van der Waals surface area contributed by atoms with E-state index in [9.17, 15) is 9.59 Å². The Morgan fingerprint density at radius 2 is 2.18 bits per heavy atom. The molecule has 1 saturated carbocycles. The first-order valence-corrected chi connectivity index (χ1v) is 7.01. The van der Waals surface area contributed by atoms with E-state index in [2.05, 4.69) is 17.6 Å². The molecule has 2 amide bonds. The van der Waals surface area contributed by atoms with Crippen molar-refractivity contribution in [1.29, 1.82) is 0 Å². The molecule has 0 spiro atoms. The summed E-state index contributed by atoms with van der Waals surface area (Å²) in [7, 11) is 0.